The largest absolute Gasteiger partial charge is 0.504 e. The summed E-state index contributed by atoms with van der Waals surface area (Å²) in [5.74, 6) is -0.627. The number of benzene rings is 1. The van der Waals surface area contributed by atoms with E-state index in [0.717, 1.165) is 0 Å². The third-order valence-electron chi connectivity index (χ3n) is 1.72. The van der Waals surface area contributed by atoms with Crippen molar-refractivity contribution in [2.75, 3.05) is 6.54 Å². The molecule has 0 fully saturated rings. The molecule has 0 aromatic heterocycles. The number of hydrogen-bond acceptors (Lipinski definition) is 4. The Hall–Kier alpha value is -0.780. The van der Waals surface area contributed by atoms with Gasteiger partial charge in [0.2, 0.25) is 0 Å². The third kappa shape index (κ3) is 1.93. The molecule has 1 rings (SSSR count). The Kier molecular flexibility index (Phi) is 3.13. The molecule has 5 heteroatoms. The number of aliphatic hydroxyl groups excluding tert-OH is 1. The molecule has 0 radical (unpaired) electrons. The standard InChI is InChI=1S/C8H10BrNO3/c9-5-2-1-4(6(11)3-10)7(12)8(5)13/h1-2,6,11-13H,3,10H2. The molecule has 1 aromatic rings. The normalized spacial score (nSPS) is 12.8. The van der Waals surface area contributed by atoms with E-state index in [0.29, 0.717) is 4.47 Å². The van der Waals surface area contributed by atoms with Gasteiger partial charge in [-0.1, -0.05) is 6.07 Å². The van der Waals surface area contributed by atoms with Crippen LogP contribution < -0.4 is 5.73 Å². The minimum atomic E-state index is -0.959. The van der Waals surface area contributed by atoms with Gasteiger partial charge in [-0.25, -0.2) is 0 Å². The number of aliphatic hydroxyl groups is 1. The van der Waals surface area contributed by atoms with Gasteiger partial charge in [-0.3, -0.25) is 0 Å². The van der Waals surface area contributed by atoms with Crippen LogP contribution in [-0.2, 0) is 0 Å². The summed E-state index contributed by atoms with van der Waals surface area (Å²) in [6.45, 7) is -0.00533. The van der Waals surface area contributed by atoms with Crippen LogP contribution in [0.1, 0.15) is 11.7 Å². The molecule has 0 aliphatic rings. The number of hydrogen-bond donors (Lipinski definition) is 4. The molecule has 0 amide bonds. The molecular formula is C8H10BrNO3. The first-order valence-corrected chi connectivity index (χ1v) is 4.45. The smallest absolute Gasteiger partial charge is 0.172 e. The van der Waals surface area contributed by atoms with E-state index in [1.54, 1.807) is 0 Å². The average molecular weight is 248 g/mol. The number of nitrogens with two attached hydrogens (primary N) is 1. The van der Waals surface area contributed by atoms with Crippen molar-refractivity contribution in [2.45, 2.75) is 6.10 Å². The zero-order valence-corrected chi connectivity index (χ0v) is 8.32. The van der Waals surface area contributed by atoms with Crippen molar-refractivity contribution in [3.8, 4) is 11.5 Å². The van der Waals surface area contributed by atoms with E-state index >= 15 is 0 Å². The first kappa shape index (κ1) is 10.3. The second-order valence-corrected chi connectivity index (χ2v) is 3.44. The quantitative estimate of drug-likeness (QED) is 0.584. The molecule has 4 nitrogen and oxygen atoms in total. The second kappa shape index (κ2) is 3.95. The van der Waals surface area contributed by atoms with E-state index < -0.39 is 6.10 Å². The topological polar surface area (TPSA) is 86.7 Å². The van der Waals surface area contributed by atoms with Gasteiger partial charge in [0.05, 0.1) is 10.6 Å². The van der Waals surface area contributed by atoms with E-state index in [4.69, 9.17) is 5.73 Å². The van der Waals surface area contributed by atoms with Gasteiger partial charge in [0.15, 0.2) is 11.5 Å². The highest BCUT2D eigenvalue weighted by Crippen LogP contribution is 2.38. The highest BCUT2D eigenvalue weighted by molar-refractivity contribution is 9.10. The molecule has 72 valence electrons. The molecule has 0 spiro atoms. The Labute approximate surface area is 83.8 Å². The lowest BCUT2D eigenvalue weighted by Crippen LogP contribution is -2.11. The second-order valence-electron chi connectivity index (χ2n) is 2.59. The molecular weight excluding hydrogens is 238 g/mol. The summed E-state index contributed by atoms with van der Waals surface area (Å²) < 4.78 is 0.373. The maximum absolute atomic E-state index is 9.38. The van der Waals surface area contributed by atoms with Crippen molar-refractivity contribution in [3.05, 3.63) is 22.2 Å². The summed E-state index contributed by atoms with van der Waals surface area (Å²) in [6.07, 6.45) is -0.959. The zero-order valence-electron chi connectivity index (χ0n) is 6.74. The van der Waals surface area contributed by atoms with Gasteiger partial charge in [-0.05, 0) is 22.0 Å². The summed E-state index contributed by atoms with van der Waals surface area (Å²) in [7, 11) is 0. The Bertz CT molecular complexity index is 317. The SMILES string of the molecule is NCC(O)c1ccc(Br)c(O)c1O. The molecule has 0 aliphatic carbocycles. The Morgan fingerprint density at radius 2 is 1.92 bits per heavy atom. The lowest BCUT2D eigenvalue weighted by molar-refractivity contribution is 0.181. The van der Waals surface area contributed by atoms with Crippen LogP contribution in [0.3, 0.4) is 0 Å². The molecule has 0 heterocycles. The Morgan fingerprint density at radius 1 is 1.31 bits per heavy atom. The van der Waals surface area contributed by atoms with Crippen LogP contribution in [-0.4, -0.2) is 21.9 Å². The van der Waals surface area contributed by atoms with Crippen molar-refractivity contribution in [1.82, 2.24) is 0 Å². The van der Waals surface area contributed by atoms with Gasteiger partial charge in [-0.2, -0.15) is 0 Å². The van der Waals surface area contributed by atoms with Gasteiger partial charge in [0, 0.05) is 12.1 Å². The summed E-state index contributed by atoms with van der Waals surface area (Å²) in [4.78, 5) is 0. The molecule has 0 saturated carbocycles. The molecule has 5 N–H and O–H groups in total. The van der Waals surface area contributed by atoms with Crippen LogP contribution in [0.2, 0.25) is 0 Å². The minimum Gasteiger partial charge on any atom is -0.504 e. The predicted octanol–water partition coefficient (Wildman–Crippen LogP) is 0.852. The minimum absolute atomic E-state index is 0.00533. The van der Waals surface area contributed by atoms with Crippen LogP contribution in [0.5, 0.6) is 11.5 Å². The maximum Gasteiger partial charge on any atom is 0.172 e. The van der Waals surface area contributed by atoms with Gasteiger partial charge >= 0.3 is 0 Å². The van der Waals surface area contributed by atoms with Crippen LogP contribution >= 0.6 is 15.9 Å². The highest BCUT2D eigenvalue weighted by Gasteiger charge is 2.15. The molecule has 0 aliphatic heterocycles. The zero-order chi connectivity index (χ0) is 10.0. The summed E-state index contributed by atoms with van der Waals surface area (Å²) in [6, 6.07) is 3.03. The lowest BCUT2D eigenvalue weighted by Gasteiger charge is -2.11. The fraction of sp³-hybridized carbons (Fsp3) is 0.250. The lowest BCUT2D eigenvalue weighted by atomic mass is 10.1. The van der Waals surface area contributed by atoms with Gasteiger partial charge < -0.3 is 21.1 Å². The summed E-state index contributed by atoms with van der Waals surface area (Å²) in [5.41, 5.74) is 5.43. The number of halogens is 1. The van der Waals surface area contributed by atoms with E-state index in [1.807, 2.05) is 0 Å². The predicted molar refractivity (Wildman–Crippen MR) is 51.5 cm³/mol. The van der Waals surface area contributed by atoms with Crippen LogP contribution in [0.25, 0.3) is 0 Å². The number of phenols is 2. The van der Waals surface area contributed by atoms with E-state index in [2.05, 4.69) is 15.9 Å². The monoisotopic (exact) mass is 247 g/mol. The first-order chi connectivity index (χ1) is 6.07. The van der Waals surface area contributed by atoms with E-state index in [9.17, 15) is 15.3 Å². The van der Waals surface area contributed by atoms with Crippen molar-refractivity contribution < 1.29 is 15.3 Å². The van der Waals surface area contributed by atoms with Crippen molar-refractivity contribution in [2.24, 2.45) is 5.73 Å². The summed E-state index contributed by atoms with van der Waals surface area (Å²) in [5, 5.41) is 28.0. The van der Waals surface area contributed by atoms with Gasteiger partial charge in [0.1, 0.15) is 0 Å². The Balaban J connectivity index is 3.18. The van der Waals surface area contributed by atoms with Crippen molar-refractivity contribution in [1.29, 1.82) is 0 Å². The van der Waals surface area contributed by atoms with Gasteiger partial charge in [-0.15, -0.1) is 0 Å². The van der Waals surface area contributed by atoms with E-state index in [-0.39, 0.29) is 23.6 Å². The molecule has 0 saturated heterocycles. The molecule has 13 heavy (non-hydrogen) atoms. The fourth-order valence-corrected chi connectivity index (χ4v) is 1.29. The number of phenolic OH excluding ortho intramolecular Hbond substituents is 2. The maximum atomic E-state index is 9.38. The summed E-state index contributed by atoms with van der Waals surface area (Å²) >= 11 is 3.03. The average Bonchev–Trinajstić information content (AvgIpc) is 2.13. The van der Waals surface area contributed by atoms with Crippen molar-refractivity contribution in [3.63, 3.8) is 0 Å². The van der Waals surface area contributed by atoms with E-state index in [1.165, 1.54) is 12.1 Å². The molecule has 0 bridgehead atoms. The van der Waals surface area contributed by atoms with Crippen LogP contribution in [0.15, 0.2) is 16.6 Å². The molecule has 1 unspecified atom stereocenters. The van der Waals surface area contributed by atoms with Crippen LogP contribution in [0.4, 0.5) is 0 Å². The first-order valence-electron chi connectivity index (χ1n) is 3.66. The van der Waals surface area contributed by atoms with Crippen LogP contribution in [0, 0.1) is 0 Å². The number of aromatic hydroxyl groups is 2. The molecule has 1 aromatic carbocycles. The molecule has 1 atom stereocenters. The highest BCUT2D eigenvalue weighted by atomic mass is 79.9. The van der Waals surface area contributed by atoms with Gasteiger partial charge in [0.25, 0.3) is 0 Å². The Morgan fingerprint density at radius 3 is 2.46 bits per heavy atom. The third-order valence-corrected chi connectivity index (χ3v) is 2.36. The van der Waals surface area contributed by atoms with Crippen molar-refractivity contribution >= 4 is 15.9 Å². The fourth-order valence-electron chi connectivity index (χ4n) is 0.966. The number of rotatable bonds is 2.